The molecule has 3 aromatic rings. The van der Waals surface area contributed by atoms with Gasteiger partial charge in [-0.3, -0.25) is 4.79 Å². The lowest BCUT2D eigenvalue weighted by Crippen LogP contribution is -2.43. The van der Waals surface area contributed by atoms with Crippen molar-refractivity contribution in [3.63, 3.8) is 0 Å². The molecule has 7 heteroatoms. The number of carbonyl (C=O) groups is 2. The molecule has 1 aromatic carbocycles. The lowest BCUT2D eigenvalue weighted by atomic mass is 10.1. The number of hydrogen-bond donors (Lipinski definition) is 1. The molecule has 0 spiro atoms. The van der Waals surface area contributed by atoms with Crippen molar-refractivity contribution in [1.29, 1.82) is 0 Å². The summed E-state index contributed by atoms with van der Waals surface area (Å²) in [5, 5.41) is 3.48. The second-order valence-electron chi connectivity index (χ2n) is 5.74. The summed E-state index contributed by atoms with van der Waals surface area (Å²) in [6.45, 7) is 1.78. The van der Waals surface area contributed by atoms with Crippen LogP contribution in [0.4, 0.5) is 0 Å². The maximum absolute atomic E-state index is 12.7. The van der Waals surface area contributed by atoms with Gasteiger partial charge in [-0.15, -0.1) is 0 Å². The molecule has 1 amide bonds. The number of rotatable bonds is 6. The number of hydrogen-bond acceptors (Lipinski definition) is 5. The standard InChI is InChI=1S/C19H19N3O3S/c1-13-16(26-19(20-13)22-10-6-7-11-22)17(23)21-15(18(24)25-2)12-14-8-4-3-5-9-14/h3-11,15H,12H2,1-2H3,(H,21,23). The van der Waals surface area contributed by atoms with Gasteiger partial charge < -0.3 is 14.6 Å². The zero-order chi connectivity index (χ0) is 18.5. The summed E-state index contributed by atoms with van der Waals surface area (Å²) in [6, 6.07) is 12.5. The minimum Gasteiger partial charge on any atom is -0.467 e. The minimum absolute atomic E-state index is 0.329. The van der Waals surface area contributed by atoms with E-state index in [1.807, 2.05) is 59.4 Å². The summed E-state index contributed by atoms with van der Waals surface area (Å²) < 4.78 is 6.69. The number of benzene rings is 1. The van der Waals surface area contributed by atoms with Gasteiger partial charge in [-0.05, 0) is 24.6 Å². The van der Waals surface area contributed by atoms with Crippen LogP contribution in [-0.2, 0) is 16.0 Å². The van der Waals surface area contributed by atoms with Crippen LogP contribution >= 0.6 is 11.3 Å². The van der Waals surface area contributed by atoms with Crippen molar-refractivity contribution in [2.24, 2.45) is 0 Å². The highest BCUT2D eigenvalue weighted by Gasteiger charge is 2.25. The number of methoxy groups -OCH3 is 1. The number of ether oxygens (including phenoxy) is 1. The van der Waals surface area contributed by atoms with Crippen LogP contribution in [0.3, 0.4) is 0 Å². The molecular formula is C19H19N3O3S. The summed E-state index contributed by atoms with van der Waals surface area (Å²) in [4.78, 5) is 29.7. The summed E-state index contributed by atoms with van der Waals surface area (Å²) in [7, 11) is 1.31. The molecule has 2 heterocycles. The van der Waals surface area contributed by atoms with Crippen LogP contribution in [-0.4, -0.2) is 34.6 Å². The van der Waals surface area contributed by atoms with Gasteiger partial charge in [0.25, 0.3) is 5.91 Å². The van der Waals surface area contributed by atoms with Gasteiger partial charge in [0.2, 0.25) is 0 Å². The van der Waals surface area contributed by atoms with Gasteiger partial charge in [-0.1, -0.05) is 41.7 Å². The van der Waals surface area contributed by atoms with Crippen LogP contribution in [0.5, 0.6) is 0 Å². The maximum Gasteiger partial charge on any atom is 0.328 e. The molecule has 1 unspecified atom stereocenters. The fourth-order valence-electron chi connectivity index (χ4n) is 2.57. The van der Waals surface area contributed by atoms with Crippen molar-refractivity contribution in [2.45, 2.75) is 19.4 Å². The van der Waals surface area contributed by atoms with Crippen LogP contribution in [0.2, 0.25) is 0 Å². The molecule has 26 heavy (non-hydrogen) atoms. The van der Waals surface area contributed by atoms with Crippen LogP contribution in [0.25, 0.3) is 5.13 Å². The van der Waals surface area contributed by atoms with E-state index in [4.69, 9.17) is 4.74 Å². The van der Waals surface area contributed by atoms with Crippen LogP contribution in [0, 0.1) is 6.92 Å². The van der Waals surface area contributed by atoms with Gasteiger partial charge in [0, 0.05) is 18.8 Å². The first-order valence-corrected chi connectivity index (χ1v) is 8.93. The van der Waals surface area contributed by atoms with Gasteiger partial charge in [-0.2, -0.15) is 0 Å². The summed E-state index contributed by atoms with van der Waals surface area (Å²) in [6.07, 6.45) is 4.10. The van der Waals surface area contributed by atoms with Crippen molar-refractivity contribution in [1.82, 2.24) is 14.9 Å². The van der Waals surface area contributed by atoms with Crippen LogP contribution in [0.1, 0.15) is 20.9 Å². The Morgan fingerprint density at radius 3 is 2.54 bits per heavy atom. The van der Waals surface area contributed by atoms with E-state index in [-0.39, 0.29) is 5.91 Å². The number of aromatic nitrogens is 2. The second-order valence-corrected chi connectivity index (χ2v) is 6.72. The molecule has 1 atom stereocenters. The summed E-state index contributed by atoms with van der Waals surface area (Å²) >= 11 is 1.28. The topological polar surface area (TPSA) is 73.2 Å². The van der Waals surface area contributed by atoms with E-state index in [1.165, 1.54) is 18.4 Å². The fourth-order valence-corrected chi connectivity index (χ4v) is 3.51. The maximum atomic E-state index is 12.7. The molecule has 2 aromatic heterocycles. The lowest BCUT2D eigenvalue weighted by molar-refractivity contribution is -0.142. The van der Waals surface area contributed by atoms with E-state index in [1.54, 1.807) is 6.92 Å². The third kappa shape index (κ3) is 4.00. The van der Waals surface area contributed by atoms with Gasteiger partial charge in [0.1, 0.15) is 10.9 Å². The third-order valence-corrected chi connectivity index (χ3v) is 5.06. The highest BCUT2D eigenvalue weighted by Crippen LogP contribution is 2.22. The van der Waals surface area contributed by atoms with Gasteiger partial charge in [0.15, 0.2) is 5.13 Å². The van der Waals surface area contributed by atoms with E-state index in [0.717, 1.165) is 5.56 Å². The average molecular weight is 369 g/mol. The van der Waals surface area contributed by atoms with Crippen LogP contribution in [0.15, 0.2) is 54.9 Å². The van der Waals surface area contributed by atoms with E-state index < -0.39 is 12.0 Å². The third-order valence-electron chi connectivity index (χ3n) is 3.89. The molecule has 0 saturated carbocycles. The first-order chi connectivity index (χ1) is 12.6. The Bertz CT molecular complexity index is 888. The SMILES string of the molecule is COC(=O)C(Cc1ccccc1)NC(=O)c1sc(-n2cccc2)nc1C. The number of thiazole rings is 1. The number of nitrogens with zero attached hydrogens (tertiary/aromatic N) is 2. The number of aryl methyl sites for hydroxylation is 1. The molecule has 0 radical (unpaired) electrons. The van der Waals surface area contributed by atoms with Gasteiger partial charge in [0.05, 0.1) is 12.8 Å². The van der Waals surface area contributed by atoms with E-state index in [2.05, 4.69) is 10.3 Å². The van der Waals surface area contributed by atoms with Crippen molar-refractivity contribution < 1.29 is 14.3 Å². The number of amides is 1. The van der Waals surface area contributed by atoms with Crippen molar-refractivity contribution in [3.05, 3.63) is 71.0 Å². The number of esters is 1. The second kappa shape index (κ2) is 7.97. The summed E-state index contributed by atoms with van der Waals surface area (Å²) in [5.74, 6) is -0.806. The number of nitrogens with one attached hydrogen (secondary N) is 1. The van der Waals surface area contributed by atoms with Gasteiger partial charge in [-0.25, -0.2) is 9.78 Å². The highest BCUT2D eigenvalue weighted by molar-refractivity contribution is 7.16. The Morgan fingerprint density at radius 2 is 1.88 bits per heavy atom. The predicted molar refractivity (Wildman–Crippen MR) is 99.6 cm³/mol. The van der Waals surface area contributed by atoms with Crippen LogP contribution < -0.4 is 5.32 Å². The highest BCUT2D eigenvalue weighted by atomic mass is 32.1. The quantitative estimate of drug-likeness (QED) is 0.678. The van der Waals surface area contributed by atoms with E-state index in [9.17, 15) is 9.59 Å². The lowest BCUT2D eigenvalue weighted by Gasteiger charge is -2.16. The molecule has 0 saturated heterocycles. The normalized spacial score (nSPS) is 11.8. The van der Waals surface area contributed by atoms with Crippen molar-refractivity contribution in [3.8, 4) is 5.13 Å². The molecule has 6 nitrogen and oxygen atoms in total. The summed E-state index contributed by atoms with van der Waals surface area (Å²) in [5.41, 5.74) is 1.57. The predicted octanol–water partition coefficient (Wildman–Crippen LogP) is 2.76. The first kappa shape index (κ1) is 17.9. The molecule has 3 rings (SSSR count). The van der Waals surface area contributed by atoms with E-state index >= 15 is 0 Å². The molecule has 0 fully saturated rings. The zero-order valence-electron chi connectivity index (χ0n) is 14.5. The molecular weight excluding hydrogens is 350 g/mol. The zero-order valence-corrected chi connectivity index (χ0v) is 15.3. The Morgan fingerprint density at radius 1 is 1.19 bits per heavy atom. The largest absolute Gasteiger partial charge is 0.467 e. The number of carbonyl (C=O) groups excluding carboxylic acids is 2. The molecule has 134 valence electrons. The minimum atomic E-state index is -0.758. The molecule has 0 aliphatic rings. The van der Waals surface area contributed by atoms with E-state index in [0.29, 0.717) is 22.1 Å². The van der Waals surface area contributed by atoms with Crippen molar-refractivity contribution >= 4 is 23.2 Å². The Labute approximate surface area is 155 Å². The smallest absolute Gasteiger partial charge is 0.328 e. The molecule has 0 aliphatic carbocycles. The first-order valence-electron chi connectivity index (χ1n) is 8.12. The molecule has 1 N–H and O–H groups in total. The Hall–Kier alpha value is -2.93. The Kier molecular flexibility index (Phi) is 5.48. The monoisotopic (exact) mass is 369 g/mol. The van der Waals surface area contributed by atoms with Gasteiger partial charge >= 0.3 is 5.97 Å². The molecule has 0 bridgehead atoms. The Balaban J connectivity index is 1.78. The van der Waals surface area contributed by atoms with Crippen molar-refractivity contribution in [2.75, 3.05) is 7.11 Å². The fraction of sp³-hybridized carbons (Fsp3) is 0.211. The average Bonchev–Trinajstić information content (AvgIpc) is 3.30. The molecule has 0 aliphatic heterocycles.